The van der Waals surface area contributed by atoms with Crippen molar-refractivity contribution in [2.75, 3.05) is 13.1 Å². The molecule has 0 spiro atoms. The van der Waals surface area contributed by atoms with Gasteiger partial charge in [-0.3, -0.25) is 10.1 Å². The summed E-state index contributed by atoms with van der Waals surface area (Å²) >= 11 is 3.17. The van der Waals surface area contributed by atoms with E-state index in [1.54, 1.807) is 0 Å². The lowest BCUT2D eigenvalue weighted by Crippen LogP contribution is -2.32. The van der Waals surface area contributed by atoms with Crippen molar-refractivity contribution >= 4 is 31.6 Å². The summed E-state index contributed by atoms with van der Waals surface area (Å²) in [6.07, 6.45) is 3.68. The number of nitro benzene ring substituents is 1. The SMILES string of the molecule is O=[N+]([O-])c1ccc(Br)c(S(=O)(=O)N2CCCCCC2)c1. The first-order valence-corrected chi connectivity index (χ1v) is 8.60. The fourth-order valence-corrected chi connectivity index (χ4v) is 4.69. The number of hydrogen-bond acceptors (Lipinski definition) is 4. The van der Waals surface area contributed by atoms with E-state index < -0.39 is 14.9 Å². The molecule has 0 saturated carbocycles. The first kappa shape index (κ1) is 15.4. The van der Waals surface area contributed by atoms with Gasteiger partial charge in [0.1, 0.15) is 4.90 Å². The average molecular weight is 363 g/mol. The molecule has 1 heterocycles. The van der Waals surface area contributed by atoms with E-state index in [4.69, 9.17) is 0 Å². The van der Waals surface area contributed by atoms with Gasteiger partial charge in [0.15, 0.2) is 0 Å². The Morgan fingerprint density at radius 2 is 1.75 bits per heavy atom. The van der Waals surface area contributed by atoms with Crippen LogP contribution in [0.3, 0.4) is 0 Å². The molecule has 0 aromatic heterocycles. The Labute approximate surface area is 126 Å². The van der Waals surface area contributed by atoms with Gasteiger partial charge in [0, 0.05) is 29.7 Å². The number of non-ortho nitro benzene ring substituents is 1. The van der Waals surface area contributed by atoms with Gasteiger partial charge in [0.25, 0.3) is 5.69 Å². The highest BCUT2D eigenvalue weighted by Gasteiger charge is 2.28. The molecule has 0 bridgehead atoms. The fourth-order valence-electron chi connectivity index (χ4n) is 2.22. The number of nitro groups is 1. The lowest BCUT2D eigenvalue weighted by molar-refractivity contribution is -0.385. The maximum atomic E-state index is 12.6. The Hall–Kier alpha value is -0.990. The molecule has 1 aromatic rings. The lowest BCUT2D eigenvalue weighted by Gasteiger charge is -2.20. The molecule has 0 unspecified atom stereocenters. The summed E-state index contributed by atoms with van der Waals surface area (Å²) < 4.78 is 27.0. The van der Waals surface area contributed by atoms with E-state index in [0.29, 0.717) is 17.6 Å². The van der Waals surface area contributed by atoms with Gasteiger partial charge in [-0.05, 0) is 34.8 Å². The molecule has 110 valence electrons. The molecule has 8 heteroatoms. The Kier molecular flexibility index (Phi) is 4.77. The second-order valence-electron chi connectivity index (χ2n) is 4.69. The van der Waals surface area contributed by atoms with E-state index in [1.807, 2.05) is 0 Å². The van der Waals surface area contributed by atoms with Crippen molar-refractivity contribution in [3.8, 4) is 0 Å². The van der Waals surface area contributed by atoms with Gasteiger partial charge in [0.2, 0.25) is 10.0 Å². The predicted octanol–water partition coefficient (Wildman–Crippen LogP) is 2.92. The molecule has 0 radical (unpaired) electrons. The van der Waals surface area contributed by atoms with Crippen LogP contribution in [-0.2, 0) is 10.0 Å². The van der Waals surface area contributed by atoms with Gasteiger partial charge in [-0.15, -0.1) is 0 Å². The first-order valence-electron chi connectivity index (χ1n) is 6.37. The molecule has 0 aliphatic carbocycles. The second kappa shape index (κ2) is 6.19. The number of nitrogens with zero attached hydrogens (tertiary/aromatic N) is 2. The topological polar surface area (TPSA) is 80.5 Å². The second-order valence-corrected chi connectivity index (χ2v) is 7.45. The highest BCUT2D eigenvalue weighted by Crippen LogP contribution is 2.30. The molecule has 6 nitrogen and oxygen atoms in total. The third-order valence-electron chi connectivity index (χ3n) is 3.31. The Morgan fingerprint density at radius 1 is 1.15 bits per heavy atom. The zero-order chi connectivity index (χ0) is 14.8. The van der Waals surface area contributed by atoms with Crippen molar-refractivity contribution in [2.24, 2.45) is 0 Å². The van der Waals surface area contributed by atoms with Crippen LogP contribution < -0.4 is 0 Å². The third kappa shape index (κ3) is 3.18. The van der Waals surface area contributed by atoms with Gasteiger partial charge in [-0.25, -0.2) is 8.42 Å². The van der Waals surface area contributed by atoms with Crippen LogP contribution in [0.15, 0.2) is 27.6 Å². The summed E-state index contributed by atoms with van der Waals surface area (Å²) in [4.78, 5) is 10.2. The van der Waals surface area contributed by atoms with E-state index in [1.165, 1.54) is 16.4 Å². The van der Waals surface area contributed by atoms with Crippen LogP contribution in [0.2, 0.25) is 0 Å². The van der Waals surface area contributed by atoms with Crippen molar-refractivity contribution in [2.45, 2.75) is 30.6 Å². The molecular formula is C12H15BrN2O4S. The molecular weight excluding hydrogens is 348 g/mol. The van der Waals surface area contributed by atoms with Crippen LogP contribution in [0.4, 0.5) is 5.69 Å². The largest absolute Gasteiger partial charge is 0.270 e. The molecule has 0 atom stereocenters. The van der Waals surface area contributed by atoms with E-state index in [0.717, 1.165) is 31.7 Å². The lowest BCUT2D eigenvalue weighted by atomic mass is 10.2. The number of halogens is 1. The Bertz CT molecular complexity index is 610. The Balaban J connectivity index is 2.42. The highest BCUT2D eigenvalue weighted by molar-refractivity contribution is 9.10. The van der Waals surface area contributed by atoms with Gasteiger partial charge < -0.3 is 0 Å². The summed E-state index contributed by atoms with van der Waals surface area (Å²) in [5.41, 5.74) is -0.221. The van der Waals surface area contributed by atoms with E-state index in [9.17, 15) is 18.5 Å². The first-order chi connectivity index (χ1) is 9.43. The molecule has 0 amide bonds. The van der Waals surface area contributed by atoms with E-state index in [-0.39, 0.29) is 10.6 Å². The predicted molar refractivity (Wildman–Crippen MR) is 78.0 cm³/mol. The molecule has 1 aliphatic rings. The number of benzene rings is 1. The van der Waals surface area contributed by atoms with Crippen molar-refractivity contribution < 1.29 is 13.3 Å². The fraction of sp³-hybridized carbons (Fsp3) is 0.500. The zero-order valence-corrected chi connectivity index (χ0v) is 13.2. The molecule has 1 aliphatic heterocycles. The van der Waals surface area contributed by atoms with Gasteiger partial charge in [-0.1, -0.05) is 12.8 Å². The normalized spacial score (nSPS) is 17.6. The molecule has 0 N–H and O–H groups in total. The van der Waals surface area contributed by atoms with Gasteiger partial charge in [-0.2, -0.15) is 4.31 Å². The summed E-state index contributed by atoms with van der Waals surface area (Å²) in [5.74, 6) is 0. The van der Waals surface area contributed by atoms with Crippen molar-refractivity contribution in [1.82, 2.24) is 4.31 Å². The van der Waals surface area contributed by atoms with Crippen molar-refractivity contribution in [1.29, 1.82) is 0 Å². The number of rotatable bonds is 3. The molecule has 1 fully saturated rings. The van der Waals surface area contributed by atoms with Crippen LogP contribution in [0.25, 0.3) is 0 Å². The molecule has 2 rings (SSSR count). The van der Waals surface area contributed by atoms with Crippen LogP contribution in [0, 0.1) is 10.1 Å². The molecule has 20 heavy (non-hydrogen) atoms. The van der Waals surface area contributed by atoms with Gasteiger partial charge >= 0.3 is 0 Å². The monoisotopic (exact) mass is 362 g/mol. The van der Waals surface area contributed by atoms with Crippen LogP contribution in [0.5, 0.6) is 0 Å². The molecule has 1 saturated heterocycles. The Morgan fingerprint density at radius 3 is 2.30 bits per heavy atom. The molecule has 1 aromatic carbocycles. The quantitative estimate of drug-likeness (QED) is 0.611. The van der Waals surface area contributed by atoms with Crippen LogP contribution >= 0.6 is 15.9 Å². The minimum atomic E-state index is -3.69. The standard InChI is InChI=1S/C12H15BrN2O4S/c13-11-6-5-10(15(16)17)9-12(11)20(18,19)14-7-3-1-2-4-8-14/h5-6,9H,1-4,7-8H2. The zero-order valence-electron chi connectivity index (χ0n) is 10.8. The van der Waals surface area contributed by atoms with Gasteiger partial charge in [0.05, 0.1) is 4.92 Å². The smallest absolute Gasteiger partial charge is 0.258 e. The highest BCUT2D eigenvalue weighted by atomic mass is 79.9. The van der Waals surface area contributed by atoms with Crippen molar-refractivity contribution in [3.63, 3.8) is 0 Å². The number of sulfonamides is 1. The summed E-state index contributed by atoms with van der Waals surface area (Å²) in [5, 5.41) is 10.8. The summed E-state index contributed by atoms with van der Waals surface area (Å²) in [6.45, 7) is 0.939. The summed E-state index contributed by atoms with van der Waals surface area (Å²) in [7, 11) is -3.69. The third-order valence-corrected chi connectivity index (χ3v) is 6.20. The van der Waals surface area contributed by atoms with E-state index >= 15 is 0 Å². The number of hydrogen-bond donors (Lipinski definition) is 0. The minimum absolute atomic E-state index is 0.0337. The van der Waals surface area contributed by atoms with E-state index in [2.05, 4.69) is 15.9 Å². The minimum Gasteiger partial charge on any atom is -0.258 e. The maximum Gasteiger partial charge on any atom is 0.270 e. The average Bonchev–Trinajstić information content (AvgIpc) is 2.68. The maximum absolute atomic E-state index is 12.6. The van der Waals surface area contributed by atoms with Crippen LogP contribution in [-0.4, -0.2) is 30.7 Å². The van der Waals surface area contributed by atoms with Crippen molar-refractivity contribution in [3.05, 3.63) is 32.8 Å². The van der Waals surface area contributed by atoms with Crippen LogP contribution in [0.1, 0.15) is 25.7 Å². The summed E-state index contributed by atoms with van der Waals surface area (Å²) in [6, 6.07) is 3.80.